The molecule has 0 heterocycles. The van der Waals surface area contributed by atoms with E-state index in [0.717, 1.165) is 17.8 Å². The summed E-state index contributed by atoms with van der Waals surface area (Å²) in [4.78, 5) is 0. The quantitative estimate of drug-likeness (QED) is 0.528. The lowest BCUT2D eigenvalue weighted by Crippen LogP contribution is -2.22. The van der Waals surface area contributed by atoms with Gasteiger partial charge in [0.25, 0.3) is 0 Å². The SMILES string of the molecule is CCC1CC(CCCCC2CCCC2)C1. The van der Waals surface area contributed by atoms with Crippen LogP contribution in [0.25, 0.3) is 0 Å². The highest BCUT2D eigenvalue weighted by atomic mass is 14.3. The van der Waals surface area contributed by atoms with Gasteiger partial charge in [0.05, 0.1) is 0 Å². The molecule has 0 aromatic rings. The van der Waals surface area contributed by atoms with Gasteiger partial charge in [0.1, 0.15) is 0 Å². The van der Waals surface area contributed by atoms with Gasteiger partial charge in [-0.2, -0.15) is 0 Å². The minimum Gasteiger partial charge on any atom is -0.0651 e. The minimum atomic E-state index is 1.10. The summed E-state index contributed by atoms with van der Waals surface area (Å²) >= 11 is 0. The molecular formula is C15H28. The summed E-state index contributed by atoms with van der Waals surface area (Å²) in [6, 6.07) is 0. The summed E-state index contributed by atoms with van der Waals surface area (Å²) in [5.41, 5.74) is 0. The predicted octanol–water partition coefficient (Wildman–Crippen LogP) is 5.17. The first-order valence-corrected chi connectivity index (χ1v) is 7.38. The van der Waals surface area contributed by atoms with Crippen molar-refractivity contribution < 1.29 is 0 Å². The molecule has 0 nitrogen and oxygen atoms in total. The van der Waals surface area contributed by atoms with Crippen LogP contribution < -0.4 is 0 Å². The van der Waals surface area contributed by atoms with E-state index < -0.39 is 0 Å². The van der Waals surface area contributed by atoms with Crippen LogP contribution in [0.4, 0.5) is 0 Å². The number of rotatable bonds is 6. The van der Waals surface area contributed by atoms with Crippen LogP contribution in [-0.4, -0.2) is 0 Å². The van der Waals surface area contributed by atoms with Gasteiger partial charge in [0.2, 0.25) is 0 Å². The molecule has 2 fully saturated rings. The lowest BCUT2D eigenvalue weighted by molar-refractivity contribution is 0.172. The maximum Gasteiger partial charge on any atom is -0.0409 e. The fourth-order valence-electron chi connectivity index (χ4n) is 3.61. The van der Waals surface area contributed by atoms with Gasteiger partial charge >= 0.3 is 0 Å². The molecule has 0 spiro atoms. The summed E-state index contributed by atoms with van der Waals surface area (Å²) in [6.07, 6.45) is 16.8. The molecule has 0 unspecified atom stereocenters. The average Bonchev–Trinajstić information content (AvgIpc) is 2.67. The van der Waals surface area contributed by atoms with Gasteiger partial charge in [-0.05, 0) is 30.6 Å². The summed E-state index contributed by atoms with van der Waals surface area (Å²) in [5, 5.41) is 0. The third-order valence-electron chi connectivity index (χ3n) is 4.86. The standard InChI is InChI=1S/C15H28/c1-2-13-11-15(12-13)10-6-5-9-14-7-3-4-8-14/h13-15H,2-12H2,1H3. The Morgan fingerprint density at radius 1 is 0.800 bits per heavy atom. The Hall–Kier alpha value is 0. The number of unbranched alkanes of at least 4 members (excludes halogenated alkanes) is 1. The Kier molecular flexibility index (Phi) is 4.53. The highest BCUT2D eigenvalue weighted by molar-refractivity contribution is 4.78. The minimum absolute atomic E-state index is 1.10. The first kappa shape index (κ1) is 11.5. The van der Waals surface area contributed by atoms with Crippen molar-refractivity contribution in [3.8, 4) is 0 Å². The smallest absolute Gasteiger partial charge is 0.0409 e. The molecule has 0 saturated heterocycles. The molecule has 0 radical (unpaired) electrons. The lowest BCUT2D eigenvalue weighted by Gasteiger charge is -2.34. The predicted molar refractivity (Wildman–Crippen MR) is 66.9 cm³/mol. The van der Waals surface area contributed by atoms with Crippen molar-refractivity contribution in [2.24, 2.45) is 17.8 Å². The topological polar surface area (TPSA) is 0 Å². The van der Waals surface area contributed by atoms with E-state index in [1.807, 2.05) is 0 Å². The third kappa shape index (κ3) is 3.50. The monoisotopic (exact) mass is 208 g/mol. The van der Waals surface area contributed by atoms with E-state index in [9.17, 15) is 0 Å². The molecule has 2 saturated carbocycles. The zero-order valence-corrected chi connectivity index (χ0v) is 10.5. The summed E-state index contributed by atoms with van der Waals surface area (Å²) < 4.78 is 0. The summed E-state index contributed by atoms with van der Waals surface area (Å²) in [5.74, 6) is 3.35. The van der Waals surface area contributed by atoms with Crippen molar-refractivity contribution in [1.29, 1.82) is 0 Å². The second-order valence-electron chi connectivity index (χ2n) is 6.05. The zero-order valence-electron chi connectivity index (χ0n) is 10.5. The van der Waals surface area contributed by atoms with Crippen molar-refractivity contribution >= 4 is 0 Å². The van der Waals surface area contributed by atoms with Gasteiger partial charge in [-0.3, -0.25) is 0 Å². The zero-order chi connectivity index (χ0) is 10.5. The molecule has 15 heavy (non-hydrogen) atoms. The van der Waals surface area contributed by atoms with Crippen LogP contribution in [0, 0.1) is 17.8 Å². The van der Waals surface area contributed by atoms with E-state index in [1.54, 1.807) is 38.5 Å². The first-order valence-electron chi connectivity index (χ1n) is 7.38. The molecule has 2 aliphatic carbocycles. The first-order chi connectivity index (χ1) is 7.38. The summed E-state index contributed by atoms with van der Waals surface area (Å²) in [7, 11) is 0. The van der Waals surface area contributed by atoms with Crippen molar-refractivity contribution in [2.75, 3.05) is 0 Å². The fourth-order valence-corrected chi connectivity index (χ4v) is 3.61. The molecule has 0 aromatic heterocycles. The highest BCUT2D eigenvalue weighted by Crippen LogP contribution is 2.39. The molecule has 0 aromatic carbocycles. The van der Waals surface area contributed by atoms with E-state index in [-0.39, 0.29) is 0 Å². The largest absolute Gasteiger partial charge is 0.0651 e. The number of hydrogen-bond acceptors (Lipinski definition) is 0. The molecule has 0 amide bonds. The van der Waals surface area contributed by atoms with Crippen LogP contribution in [0.2, 0.25) is 0 Å². The van der Waals surface area contributed by atoms with Crippen LogP contribution >= 0.6 is 0 Å². The molecule has 2 rings (SSSR count). The Labute approximate surface area is 95.8 Å². The van der Waals surface area contributed by atoms with E-state index >= 15 is 0 Å². The maximum absolute atomic E-state index is 2.35. The lowest BCUT2D eigenvalue weighted by atomic mass is 9.71. The van der Waals surface area contributed by atoms with Gasteiger partial charge in [0.15, 0.2) is 0 Å². The van der Waals surface area contributed by atoms with Crippen LogP contribution in [0.1, 0.15) is 77.6 Å². The van der Waals surface area contributed by atoms with E-state index in [2.05, 4.69) is 6.92 Å². The van der Waals surface area contributed by atoms with Gasteiger partial charge in [-0.15, -0.1) is 0 Å². The highest BCUT2D eigenvalue weighted by Gasteiger charge is 2.26. The molecule has 0 heteroatoms. The molecule has 0 aliphatic heterocycles. The van der Waals surface area contributed by atoms with Crippen LogP contribution in [0.3, 0.4) is 0 Å². The average molecular weight is 208 g/mol. The molecule has 0 bridgehead atoms. The third-order valence-corrected chi connectivity index (χ3v) is 4.86. The number of hydrogen-bond donors (Lipinski definition) is 0. The van der Waals surface area contributed by atoms with Crippen LogP contribution in [-0.2, 0) is 0 Å². The Balaban J connectivity index is 1.42. The molecular weight excluding hydrogens is 180 g/mol. The molecule has 2 aliphatic rings. The van der Waals surface area contributed by atoms with E-state index in [4.69, 9.17) is 0 Å². The molecule has 88 valence electrons. The van der Waals surface area contributed by atoms with Gasteiger partial charge in [0, 0.05) is 0 Å². The second kappa shape index (κ2) is 5.92. The van der Waals surface area contributed by atoms with Crippen LogP contribution in [0.15, 0.2) is 0 Å². The van der Waals surface area contributed by atoms with Gasteiger partial charge < -0.3 is 0 Å². The van der Waals surface area contributed by atoms with Crippen LogP contribution in [0.5, 0.6) is 0 Å². The van der Waals surface area contributed by atoms with Gasteiger partial charge in [-0.1, -0.05) is 64.7 Å². The van der Waals surface area contributed by atoms with Crippen molar-refractivity contribution in [3.05, 3.63) is 0 Å². The van der Waals surface area contributed by atoms with Crippen molar-refractivity contribution in [1.82, 2.24) is 0 Å². The molecule has 0 atom stereocenters. The second-order valence-corrected chi connectivity index (χ2v) is 6.05. The molecule has 0 N–H and O–H groups in total. The van der Waals surface area contributed by atoms with Crippen molar-refractivity contribution in [2.45, 2.75) is 77.6 Å². The normalized spacial score (nSPS) is 31.8. The van der Waals surface area contributed by atoms with E-state index in [1.165, 1.54) is 32.1 Å². The van der Waals surface area contributed by atoms with Crippen molar-refractivity contribution in [3.63, 3.8) is 0 Å². The maximum atomic E-state index is 2.35. The summed E-state index contributed by atoms with van der Waals surface area (Å²) in [6.45, 7) is 2.35. The Morgan fingerprint density at radius 3 is 2.00 bits per heavy atom. The Morgan fingerprint density at radius 2 is 1.40 bits per heavy atom. The fraction of sp³-hybridized carbons (Fsp3) is 1.00. The van der Waals surface area contributed by atoms with Gasteiger partial charge in [-0.25, -0.2) is 0 Å². The Bertz CT molecular complexity index is 161. The van der Waals surface area contributed by atoms with E-state index in [0.29, 0.717) is 0 Å².